The van der Waals surface area contributed by atoms with Gasteiger partial charge >= 0.3 is 0 Å². The molecular weight excluding hydrogens is 331 g/mol. The Morgan fingerprint density at radius 2 is 1.91 bits per heavy atom. The Morgan fingerprint density at radius 3 is 2.50 bits per heavy atom. The lowest BCUT2D eigenvalue weighted by molar-refractivity contribution is -0.385. The average molecular weight is 341 g/mol. The number of anilines is 1. The van der Waals surface area contributed by atoms with Crippen LogP contribution in [-0.2, 0) is 0 Å². The number of rotatable bonds is 4. The number of nitro benzene ring substituents is 1. The minimum Gasteiger partial charge on any atom is -0.497 e. The number of amides is 1. The van der Waals surface area contributed by atoms with Crippen molar-refractivity contribution in [3.8, 4) is 5.75 Å². The van der Waals surface area contributed by atoms with Crippen molar-refractivity contribution in [3.63, 3.8) is 0 Å². The van der Waals surface area contributed by atoms with Gasteiger partial charge in [0.15, 0.2) is 0 Å². The van der Waals surface area contributed by atoms with Crippen molar-refractivity contribution in [1.82, 2.24) is 0 Å². The van der Waals surface area contributed by atoms with Crippen molar-refractivity contribution in [2.75, 3.05) is 12.4 Å². The van der Waals surface area contributed by atoms with Gasteiger partial charge in [-0.1, -0.05) is 23.2 Å². The van der Waals surface area contributed by atoms with Crippen molar-refractivity contribution in [1.29, 1.82) is 0 Å². The van der Waals surface area contributed by atoms with E-state index in [1.807, 2.05) is 0 Å². The van der Waals surface area contributed by atoms with Gasteiger partial charge in [-0.3, -0.25) is 14.9 Å². The number of ether oxygens (including phenoxy) is 1. The van der Waals surface area contributed by atoms with E-state index in [1.165, 1.54) is 43.5 Å². The monoisotopic (exact) mass is 340 g/mol. The molecule has 2 aromatic carbocycles. The highest BCUT2D eigenvalue weighted by atomic mass is 35.5. The fourth-order valence-electron chi connectivity index (χ4n) is 1.76. The molecule has 1 amide bonds. The second kappa shape index (κ2) is 6.64. The molecule has 22 heavy (non-hydrogen) atoms. The second-order valence-electron chi connectivity index (χ2n) is 4.22. The maximum absolute atomic E-state index is 12.3. The number of nitro groups is 1. The molecule has 114 valence electrons. The summed E-state index contributed by atoms with van der Waals surface area (Å²) in [7, 11) is 1.40. The SMILES string of the molecule is COc1ccc([N+](=O)[O-])c(C(=O)Nc2ccc(Cl)c(Cl)c2)c1. The van der Waals surface area contributed by atoms with Gasteiger partial charge in [0.1, 0.15) is 11.3 Å². The quantitative estimate of drug-likeness (QED) is 0.669. The minimum atomic E-state index is -0.649. The van der Waals surface area contributed by atoms with Crippen molar-refractivity contribution >= 4 is 40.5 Å². The summed E-state index contributed by atoms with van der Waals surface area (Å²) in [4.78, 5) is 22.6. The zero-order chi connectivity index (χ0) is 16.3. The van der Waals surface area contributed by atoms with Crippen LogP contribution in [0, 0.1) is 10.1 Å². The zero-order valence-electron chi connectivity index (χ0n) is 11.3. The van der Waals surface area contributed by atoms with Crippen LogP contribution >= 0.6 is 23.2 Å². The molecule has 8 heteroatoms. The van der Waals surface area contributed by atoms with Crippen LogP contribution < -0.4 is 10.1 Å². The number of carbonyl (C=O) groups is 1. The van der Waals surface area contributed by atoms with Gasteiger partial charge in [-0.05, 0) is 30.3 Å². The topological polar surface area (TPSA) is 81.5 Å². The number of methoxy groups -OCH3 is 1. The van der Waals surface area contributed by atoms with E-state index in [1.54, 1.807) is 0 Å². The predicted molar refractivity (Wildman–Crippen MR) is 84.1 cm³/mol. The normalized spacial score (nSPS) is 10.1. The Hall–Kier alpha value is -2.31. The Labute approximate surface area is 135 Å². The summed E-state index contributed by atoms with van der Waals surface area (Å²) in [5.74, 6) is -0.311. The molecule has 0 fully saturated rings. The second-order valence-corrected chi connectivity index (χ2v) is 5.04. The number of carbonyl (C=O) groups excluding carboxylic acids is 1. The van der Waals surface area contributed by atoms with E-state index in [4.69, 9.17) is 27.9 Å². The molecule has 0 saturated carbocycles. The fraction of sp³-hybridized carbons (Fsp3) is 0.0714. The number of nitrogens with zero attached hydrogens (tertiary/aromatic N) is 1. The van der Waals surface area contributed by atoms with Gasteiger partial charge in [-0.2, -0.15) is 0 Å². The van der Waals surface area contributed by atoms with E-state index >= 15 is 0 Å². The lowest BCUT2D eigenvalue weighted by atomic mass is 10.1. The van der Waals surface area contributed by atoms with Crippen molar-refractivity contribution in [3.05, 3.63) is 62.1 Å². The number of hydrogen-bond donors (Lipinski definition) is 1. The van der Waals surface area contributed by atoms with Crippen molar-refractivity contribution < 1.29 is 14.5 Å². The van der Waals surface area contributed by atoms with Crippen LogP contribution in [0.2, 0.25) is 10.0 Å². The summed E-state index contributed by atoms with van der Waals surface area (Å²) in [6, 6.07) is 8.42. The number of nitrogens with one attached hydrogen (secondary N) is 1. The van der Waals surface area contributed by atoms with Gasteiger partial charge in [0.25, 0.3) is 11.6 Å². The smallest absolute Gasteiger partial charge is 0.282 e. The first-order valence-corrected chi connectivity index (χ1v) is 6.77. The maximum Gasteiger partial charge on any atom is 0.282 e. The molecule has 0 radical (unpaired) electrons. The first-order chi connectivity index (χ1) is 10.4. The van der Waals surface area contributed by atoms with Gasteiger partial charge in [-0.25, -0.2) is 0 Å². The fourth-order valence-corrected chi connectivity index (χ4v) is 2.05. The number of hydrogen-bond acceptors (Lipinski definition) is 4. The summed E-state index contributed by atoms with van der Waals surface area (Å²) in [5, 5.41) is 14.2. The van der Waals surface area contributed by atoms with Crippen LogP contribution in [0.1, 0.15) is 10.4 Å². The summed E-state index contributed by atoms with van der Waals surface area (Å²) < 4.78 is 4.98. The summed E-state index contributed by atoms with van der Waals surface area (Å²) >= 11 is 11.7. The molecule has 0 aliphatic carbocycles. The predicted octanol–water partition coefficient (Wildman–Crippen LogP) is 4.16. The Kier molecular flexibility index (Phi) is 4.85. The summed E-state index contributed by atoms with van der Waals surface area (Å²) in [6.45, 7) is 0. The van der Waals surface area contributed by atoms with Crippen LogP contribution in [0.25, 0.3) is 0 Å². The molecule has 0 heterocycles. The molecule has 0 aliphatic heterocycles. The Balaban J connectivity index is 2.35. The lowest BCUT2D eigenvalue weighted by Crippen LogP contribution is -2.14. The number of benzene rings is 2. The molecule has 0 aromatic heterocycles. The third kappa shape index (κ3) is 3.47. The highest BCUT2D eigenvalue weighted by Crippen LogP contribution is 2.27. The summed E-state index contributed by atoms with van der Waals surface area (Å²) in [6.07, 6.45) is 0. The molecule has 0 bridgehead atoms. The van der Waals surface area contributed by atoms with Crippen LogP contribution in [0.15, 0.2) is 36.4 Å². The van der Waals surface area contributed by atoms with E-state index < -0.39 is 10.8 Å². The molecule has 2 aromatic rings. The van der Waals surface area contributed by atoms with Crippen LogP contribution in [0.5, 0.6) is 5.75 Å². The molecule has 0 saturated heterocycles. The van der Waals surface area contributed by atoms with E-state index in [0.29, 0.717) is 16.5 Å². The van der Waals surface area contributed by atoms with Crippen molar-refractivity contribution in [2.24, 2.45) is 0 Å². The van der Waals surface area contributed by atoms with Gasteiger partial charge < -0.3 is 10.1 Å². The molecule has 0 unspecified atom stereocenters. The molecule has 0 aliphatic rings. The lowest BCUT2D eigenvalue weighted by Gasteiger charge is -2.08. The summed E-state index contributed by atoms with van der Waals surface area (Å²) in [5.41, 5.74) is -0.0645. The Bertz CT molecular complexity index is 750. The first kappa shape index (κ1) is 16.1. The zero-order valence-corrected chi connectivity index (χ0v) is 12.8. The highest BCUT2D eigenvalue weighted by Gasteiger charge is 2.21. The van der Waals surface area contributed by atoms with E-state index in [2.05, 4.69) is 5.32 Å². The third-order valence-electron chi connectivity index (χ3n) is 2.82. The van der Waals surface area contributed by atoms with Crippen LogP contribution in [0.3, 0.4) is 0 Å². The van der Waals surface area contributed by atoms with Crippen LogP contribution in [0.4, 0.5) is 11.4 Å². The standard InChI is InChI=1S/C14H10Cl2N2O4/c1-22-9-3-5-13(18(20)21)10(7-9)14(19)17-8-2-4-11(15)12(16)6-8/h2-7H,1H3,(H,17,19). The van der Waals surface area contributed by atoms with E-state index in [-0.39, 0.29) is 16.3 Å². The van der Waals surface area contributed by atoms with Crippen LogP contribution in [-0.4, -0.2) is 17.9 Å². The molecule has 1 N–H and O–H groups in total. The van der Waals surface area contributed by atoms with Gasteiger partial charge in [0.05, 0.1) is 22.1 Å². The highest BCUT2D eigenvalue weighted by molar-refractivity contribution is 6.42. The van der Waals surface area contributed by atoms with Crippen molar-refractivity contribution in [2.45, 2.75) is 0 Å². The largest absolute Gasteiger partial charge is 0.497 e. The molecule has 0 spiro atoms. The minimum absolute atomic E-state index is 0.115. The van der Waals surface area contributed by atoms with E-state index in [9.17, 15) is 14.9 Å². The van der Waals surface area contributed by atoms with Gasteiger partial charge in [-0.15, -0.1) is 0 Å². The maximum atomic E-state index is 12.3. The van der Waals surface area contributed by atoms with E-state index in [0.717, 1.165) is 0 Å². The Morgan fingerprint density at radius 1 is 1.18 bits per heavy atom. The molecule has 6 nitrogen and oxygen atoms in total. The average Bonchev–Trinajstić information content (AvgIpc) is 2.50. The number of halogens is 2. The molecule has 0 atom stereocenters. The third-order valence-corrected chi connectivity index (χ3v) is 3.56. The molecular formula is C14H10Cl2N2O4. The molecule has 2 rings (SSSR count). The van der Waals surface area contributed by atoms with Gasteiger partial charge in [0, 0.05) is 11.8 Å². The first-order valence-electron chi connectivity index (χ1n) is 6.01. The van der Waals surface area contributed by atoms with Gasteiger partial charge in [0.2, 0.25) is 0 Å².